The molecular formula is C16H11N3O6S. The molecule has 0 spiro atoms. The average Bonchev–Trinajstić information content (AvgIpc) is 3.15. The van der Waals surface area contributed by atoms with Crippen molar-refractivity contribution in [3.63, 3.8) is 0 Å². The van der Waals surface area contributed by atoms with Crippen molar-refractivity contribution in [1.29, 1.82) is 0 Å². The molecule has 9 nitrogen and oxygen atoms in total. The Morgan fingerprint density at radius 1 is 1.27 bits per heavy atom. The van der Waals surface area contributed by atoms with Gasteiger partial charge in [-0.3, -0.25) is 29.4 Å². The number of thioether (sulfide) groups is 1. The summed E-state index contributed by atoms with van der Waals surface area (Å²) in [6.45, 7) is -0.700. The first-order valence-corrected chi connectivity index (χ1v) is 8.08. The van der Waals surface area contributed by atoms with Crippen LogP contribution >= 0.6 is 11.8 Å². The minimum atomic E-state index is -1.28. The second kappa shape index (κ2) is 6.84. The van der Waals surface area contributed by atoms with E-state index in [-0.39, 0.29) is 10.6 Å². The smallest absolute Gasteiger partial charge is 0.323 e. The van der Waals surface area contributed by atoms with Gasteiger partial charge in [-0.15, -0.1) is 0 Å². The minimum absolute atomic E-state index is 0.0797. The van der Waals surface area contributed by atoms with Crippen molar-refractivity contribution in [1.82, 2.24) is 9.47 Å². The van der Waals surface area contributed by atoms with Crippen molar-refractivity contribution in [3.05, 3.63) is 63.3 Å². The summed E-state index contributed by atoms with van der Waals surface area (Å²) in [7, 11) is 0. The first kappa shape index (κ1) is 17.4. The number of aliphatic carboxylic acids is 1. The first-order chi connectivity index (χ1) is 12.4. The van der Waals surface area contributed by atoms with Crippen molar-refractivity contribution in [2.75, 3.05) is 6.54 Å². The molecule has 0 unspecified atom stereocenters. The SMILES string of the molecule is O=C(O)CN1C(=O)S/C(=C/c2cccn2-c2cccc([N+](=O)[O-])c2)C1=O. The summed E-state index contributed by atoms with van der Waals surface area (Å²) in [5, 5.41) is 19.1. The summed E-state index contributed by atoms with van der Waals surface area (Å²) in [6, 6.07) is 9.31. The maximum atomic E-state index is 12.2. The molecule has 0 saturated carbocycles. The zero-order chi connectivity index (χ0) is 18.8. The monoisotopic (exact) mass is 373 g/mol. The van der Waals surface area contributed by atoms with Crippen LogP contribution in [-0.4, -0.2) is 43.2 Å². The van der Waals surface area contributed by atoms with Gasteiger partial charge in [0.2, 0.25) is 0 Å². The Morgan fingerprint density at radius 2 is 2.04 bits per heavy atom. The molecule has 2 heterocycles. The molecule has 0 radical (unpaired) electrons. The third kappa shape index (κ3) is 3.35. The van der Waals surface area contributed by atoms with E-state index < -0.39 is 28.6 Å². The molecule has 0 bridgehead atoms. The molecule has 1 N–H and O–H groups in total. The number of hydrogen-bond acceptors (Lipinski definition) is 6. The summed E-state index contributed by atoms with van der Waals surface area (Å²) >= 11 is 0.648. The molecule has 0 atom stereocenters. The predicted octanol–water partition coefficient (Wildman–Crippen LogP) is 2.51. The number of amides is 2. The number of rotatable bonds is 5. The van der Waals surface area contributed by atoms with Crippen LogP contribution in [0.25, 0.3) is 11.8 Å². The van der Waals surface area contributed by atoms with Gasteiger partial charge in [0.15, 0.2) is 0 Å². The molecular weight excluding hydrogens is 362 g/mol. The lowest BCUT2D eigenvalue weighted by atomic mass is 10.2. The molecule has 1 aromatic carbocycles. The third-order valence-corrected chi connectivity index (χ3v) is 4.45. The van der Waals surface area contributed by atoms with Gasteiger partial charge in [-0.2, -0.15) is 0 Å². The molecule has 3 rings (SSSR count). The highest BCUT2D eigenvalue weighted by Gasteiger charge is 2.36. The summed E-state index contributed by atoms with van der Waals surface area (Å²) < 4.78 is 1.62. The molecule has 10 heteroatoms. The molecule has 1 aliphatic heterocycles. The van der Waals surface area contributed by atoms with Crippen LogP contribution in [0.3, 0.4) is 0 Å². The predicted molar refractivity (Wildman–Crippen MR) is 92.7 cm³/mol. The van der Waals surface area contributed by atoms with Gasteiger partial charge >= 0.3 is 5.97 Å². The number of benzene rings is 1. The van der Waals surface area contributed by atoms with E-state index in [0.717, 1.165) is 0 Å². The van der Waals surface area contributed by atoms with E-state index >= 15 is 0 Å². The number of carbonyl (C=O) groups excluding carboxylic acids is 2. The van der Waals surface area contributed by atoms with E-state index in [4.69, 9.17) is 5.11 Å². The number of nitro benzene ring substituents is 1. The Hall–Kier alpha value is -3.40. The Bertz CT molecular complexity index is 964. The highest BCUT2D eigenvalue weighted by atomic mass is 32.2. The number of carbonyl (C=O) groups is 3. The van der Waals surface area contributed by atoms with Gasteiger partial charge in [-0.05, 0) is 36.0 Å². The van der Waals surface area contributed by atoms with E-state index in [0.29, 0.717) is 28.0 Å². The van der Waals surface area contributed by atoms with Crippen molar-refractivity contribution in [3.8, 4) is 5.69 Å². The third-order valence-electron chi connectivity index (χ3n) is 3.54. The Kier molecular flexibility index (Phi) is 4.59. The lowest BCUT2D eigenvalue weighted by Gasteiger charge is -2.08. The maximum Gasteiger partial charge on any atom is 0.323 e. The number of nitro groups is 1. The largest absolute Gasteiger partial charge is 0.480 e. The maximum absolute atomic E-state index is 12.2. The molecule has 1 fully saturated rings. The van der Waals surface area contributed by atoms with Crippen LogP contribution < -0.4 is 0 Å². The lowest BCUT2D eigenvalue weighted by molar-refractivity contribution is -0.384. The number of carboxylic acid groups (broad SMARTS) is 1. The number of nitrogens with zero attached hydrogens (tertiary/aromatic N) is 3. The van der Waals surface area contributed by atoms with Gasteiger partial charge in [0.1, 0.15) is 6.54 Å². The van der Waals surface area contributed by atoms with Crippen LogP contribution in [0.2, 0.25) is 0 Å². The molecule has 2 amide bonds. The summed E-state index contributed by atoms with van der Waals surface area (Å²) in [5.74, 6) is -1.97. The fourth-order valence-corrected chi connectivity index (χ4v) is 3.23. The zero-order valence-corrected chi connectivity index (χ0v) is 13.9. The highest BCUT2D eigenvalue weighted by Crippen LogP contribution is 2.32. The number of imide groups is 1. The number of hydrogen-bond donors (Lipinski definition) is 1. The molecule has 0 aliphatic carbocycles. The van der Waals surface area contributed by atoms with Gasteiger partial charge in [-0.25, -0.2) is 0 Å². The number of aromatic nitrogens is 1. The molecule has 1 saturated heterocycles. The standard InChI is InChI=1S/C16H11N3O6S/c20-14(21)9-18-15(22)13(26-16(18)23)8-11-5-2-6-17(11)10-3-1-4-12(7-10)19(24)25/h1-8H,9H2,(H,20,21)/b13-8+. The first-order valence-electron chi connectivity index (χ1n) is 7.26. The van der Waals surface area contributed by atoms with E-state index in [9.17, 15) is 24.5 Å². The van der Waals surface area contributed by atoms with Crippen LogP contribution in [0, 0.1) is 10.1 Å². The Morgan fingerprint density at radius 3 is 2.73 bits per heavy atom. The van der Waals surface area contributed by atoms with Crippen LogP contribution in [0.1, 0.15) is 5.69 Å². The Labute approximate surface area is 150 Å². The lowest BCUT2D eigenvalue weighted by Crippen LogP contribution is -2.33. The van der Waals surface area contributed by atoms with E-state index in [1.165, 1.54) is 24.3 Å². The number of non-ortho nitro benzene ring substituents is 1. The summed E-state index contributed by atoms with van der Waals surface area (Å²) in [4.78, 5) is 46.0. The normalized spacial score (nSPS) is 15.7. The average molecular weight is 373 g/mol. The quantitative estimate of drug-likeness (QED) is 0.485. The van der Waals surface area contributed by atoms with E-state index in [1.54, 1.807) is 29.0 Å². The van der Waals surface area contributed by atoms with Crippen molar-refractivity contribution >= 4 is 40.6 Å². The molecule has 1 aliphatic rings. The van der Waals surface area contributed by atoms with Gasteiger partial charge < -0.3 is 9.67 Å². The fourth-order valence-electron chi connectivity index (χ4n) is 2.41. The minimum Gasteiger partial charge on any atom is -0.480 e. The van der Waals surface area contributed by atoms with Gasteiger partial charge in [0.25, 0.3) is 16.8 Å². The zero-order valence-electron chi connectivity index (χ0n) is 13.1. The highest BCUT2D eigenvalue weighted by molar-refractivity contribution is 8.18. The summed E-state index contributed by atoms with van der Waals surface area (Å²) in [6.07, 6.45) is 3.11. The van der Waals surface area contributed by atoms with Crippen LogP contribution in [-0.2, 0) is 9.59 Å². The molecule has 1 aromatic heterocycles. The van der Waals surface area contributed by atoms with E-state index in [2.05, 4.69) is 0 Å². The van der Waals surface area contributed by atoms with Gasteiger partial charge in [0.05, 0.1) is 15.5 Å². The van der Waals surface area contributed by atoms with Crippen molar-refractivity contribution in [2.24, 2.45) is 0 Å². The molecule has 132 valence electrons. The molecule has 26 heavy (non-hydrogen) atoms. The van der Waals surface area contributed by atoms with Crippen LogP contribution in [0.4, 0.5) is 10.5 Å². The molecule has 2 aromatic rings. The van der Waals surface area contributed by atoms with Crippen molar-refractivity contribution < 1.29 is 24.4 Å². The van der Waals surface area contributed by atoms with Crippen LogP contribution in [0.5, 0.6) is 0 Å². The van der Waals surface area contributed by atoms with Gasteiger partial charge in [0, 0.05) is 24.0 Å². The Balaban J connectivity index is 1.95. The second-order valence-corrected chi connectivity index (χ2v) is 6.23. The van der Waals surface area contributed by atoms with Crippen molar-refractivity contribution in [2.45, 2.75) is 0 Å². The number of carboxylic acids is 1. The second-order valence-electron chi connectivity index (χ2n) is 5.24. The fraction of sp³-hybridized carbons (Fsp3) is 0.0625. The van der Waals surface area contributed by atoms with Gasteiger partial charge in [-0.1, -0.05) is 6.07 Å². The summed E-state index contributed by atoms with van der Waals surface area (Å²) in [5.41, 5.74) is 0.954. The van der Waals surface area contributed by atoms with E-state index in [1.807, 2.05) is 0 Å². The topological polar surface area (TPSA) is 123 Å². The van der Waals surface area contributed by atoms with Crippen LogP contribution in [0.15, 0.2) is 47.5 Å².